The highest BCUT2D eigenvalue weighted by atomic mass is 35.7. The molecule has 0 radical (unpaired) electrons. The lowest BCUT2D eigenvalue weighted by Crippen LogP contribution is -2.49. The maximum atomic E-state index is 12.6. The van der Waals surface area contributed by atoms with Crippen molar-refractivity contribution >= 4 is 25.8 Å². The topological polar surface area (TPSA) is 72.5 Å². The van der Waals surface area contributed by atoms with Gasteiger partial charge in [0.05, 0.1) is 5.75 Å². The van der Waals surface area contributed by atoms with Gasteiger partial charge in [-0.15, -0.1) is 0 Å². The Bertz CT molecular complexity index is 577. The van der Waals surface area contributed by atoms with Crippen LogP contribution in [0.2, 0.25) is 0 Å². The van der Waals surface area contributed by atoms with Crippen LogP contribution in [0.3, 0.4) is 0 Å². The number of benzene rings is 1. The van der Waals surface area contributed by atoms with Gasteiger partial charge in [0.2, 0.25) is 9.05 Å². The average molecular weight is 346 g/mol. The first kappa shape index (κ1) is 17.6. The largest absolute Gasteiger partial charge is 0.445 e. The molecule has 0 heterocycles. The molecule has 0 aliphatic carbocycles. The van der Waals surface area contributed by atoms with Crippen LogP contribution in [-0.4, -0.2) is 32.5 Å². The molecule has 118 valence electrons. The molecule has 1 aromatic rings. The van der Waals surface area contributed by atoms with E-state index in [0.29, 0.717) is 5.56 Å². The molecule has 0 fully saturated rings. The van der Waals surface area contributed by atoms with E-state index in [1.54, 1.807) is 30.3 Å². The predicted octanol–water partition coefficient (Wildman–Crippen LogP) is 2.41. The van der Waals surface area contributed by atoms with Crippen molar-refractivity contribution in [3.63, 3.8) is 0 Å². The lowest BCUT2D eigenvalue weighted by atomic mass is 10.2. The standard InChI is InChI=1S/C11H11ClF3NO4S/c12-21(18,19)7-9(11(13,14)15)16-10(17)20-6-8-4-2-1-3-5-8/h1-5,9H,6-7H2,(H,16,17). The second kappa shape index (κ2) is 6.99. The fourth-order valence-corrected chi connectivity index (χ4v) is 2.37. The van der Waals surface area contributed by atoms with Crippen molar-refractivity contribution in [2.45, 2.75) is 18.8 Å². The highest BCUT2D eigenvalue weighted by molar-refractivity contribution is 8.13. The Morgan fingerprint density at radius 1 is 1.29 bits per heavy atom. The summed E-state index contributed by atoms with van der Waals surface area (Å²) in [4.78, 5) is 11.3. The molecule has 21 heavy (non-hydrogen) atoms. The molecule has 5 nitrogen and oxygen atoms in total. The van der Waals surface area contributed by atoms with Crippen LogP contribution in [0.4, 0.5) is 18.0 Å². The Morgan fingerprint density at radius 3 is 2.33 bits per heavy atom. The second-order valence-corrected chi connectivity index (χ2v) is 6.83. The van der Waals surface area contributed by atoms with E-state index >= 15 is 0 Å². The zero-order valence-corrected chi connectivity index (χ0v) is 12.0. The van der Waals surface area contributed by atoms with Crippen LogP contribution >= 0.6 is 10.7 Å². The normalized spacial score (nSPS) is 13.5. The molecule has 1 unspecified atom stereocenters. The van der Waals surface area contributed by atoms with Gasteiger partial charge in [0.15, 0.2) is 0 Å². The molecule has 0 saturated heterocycles. The van der Waals surface area contributed by atoms with E-state index in [9.17, 15) is 26.4 Å². The molecule has 1 N–H and O–H groups in total. The molecule has 10 heteroatoms. The molecule has 1 amide bonds. The maximum Gasteiger partial charge on any atom is 0.409 e. The third-order valence-corrected chi connectivity index (χ3v) is 3.38. The second-order valence-electron chi connectivity index (χ2n) is 4.01. The van der Waals surface area contributed by atoms with Crippen molar-refractivity contribution in [2.24, 2.45) is 0 Å². The van der Waals surface area contributed by atoms with E-state index in [0.717, 1.165) is 0 Å². The van der Waals surface area contributed by atoms with E-state index in [1.807, 2.05) is 0 Å². The minimum atomic E-state index is -4.96. The van der Waals surface area contributed by atoms with Gasteiger partial charge in [-0.1, -0.05) is 30.3 Å². The van der Waals surface area contributed by atoms with Crippen molar-refractivity contribution in [1.29, 1.82) is 0 Å². The number of alkyl halides is 3. The number of rotatable bonds is 5. The van der Waals surface area contributed by atoms with Crippen LogP contribution in [0.25, 0.3) is 0 Å². The molecule has 0 bridgehead atoms. The fourth-order valence-electron chi connectivity index (χ4n) is 1.32. The molecule has 0 aromatic heterocycles. The third kappa shape index (κ3) is 7.19. The van der Waals surface area contributed by atoms with Crippen LogP contribution in [0.15, 0.2) is 30.3 Å². The van der Waals surface area contributed by atoms with Crippen LogP contribution in [0.5, 0.6) is 0 Å². The molecule has 1 rings (SSSR count). The van der Waals surface area contributed by atoms with E-state index in [4.69, 9.17) is 10.7 Å². The van der Waals surface area contributed by atoms with Crippen molar-refractivity contribution in [3.8, 4) is 0 Å². The van der Waals surface area contributed by atoms with E-state index < -0.39 is 33.1 Å². The quantitative estimate of drug-likeness (QED) is 0.832. The smallest absolute Gasteiger partial charge is 0.409 e. The van der Waals surface area contributed by atoms with Crippen molar-refractivity contribution in [1.82, 2.24) is 5.32 Å². The van der Waals surface area contributed by atoms with Gasteiger partial charge in [0.25, 0.3) is 0 Å². The Balaban J connectivity index is 2.60. The minimum absolute atomic E-state index is 0.245. The van der Waals surface area contributed by atoms with Crippen molar-refractivity contribution in [3.05, 3.63) is 35.9 Å². The Hall–Kier alpha value is -1.48. The van der Waals surface area contributed by atoms with Gasteiger partial charge >= 0.3 is 12.3 Å². The highest BCUT2D eigenvalue weighted by Gasteiger charge is 2.43. The number of carbonyl (C=O) groups is 1. The summed E-state index contributed by atoms with van der Waals surface area (Å²) in [5.74, 6) is -1.47. The Kier molecular flexibility index (Phi) is 5.85. The summed E-state index contributed by atoms with van der Waals surface area (Å²) in [5.41, 5.74) is 0.571. The zero-order chi connectivity index (χ0) is 16.1. The summed E-state index contributed by atoms with van der Waals surface area (Å²) in [5, 5.41) is 1.43. The van der Waals surface area contributed by atoms with Gasteiger partial charge in [0.1, 0.15) is 12.6 Å². The Morgan fingerprint density at radius 2 is 1.86 bits per heavy atom. The van der Waals surface area contributed by atoms with E-state index in [-0.39, 0.29) is 6.61 Å². The zero-order valence-electron chi connectivity index (χ0n) is 10.4. The van der Waals surface area contributed by atoms with Gasteiger partial charge in [-0.3, -0.25) is 0 Å². The van der Waals surface area contributed by atoms with Crippen molar-refractivity contribution in [2.75, 3.05) is 5.75 Å². The van der Waals surface area contributed by atoms with Gasteiger partial charge in [-0.25, -0.2) is 13.2 Å². The summed E-state index contributed by atoms with van der Waals surface area (Å²) in [6.07, 6.45) is -6.35. The molecule has 0 spiro atoms. The first-order valence-corrected chi connectivity index (χ1v) is 8.02. The van der Waals surface area contributed by atoms with E-state index in [2.05, 4.69) is 4.74 Å². The summed E-state index contributed by atoms with van der Waals surface area (Å²) in [6.45, 7) is -0.245. The van der Waals surface area contributed by atoms with E-state index in [1.165, 1.54) is 5.32 Å². The summed E-state index contributed by atoms with van der Waals surface area (Å²) >= 11 is 0. The maximum absolute atomic E-state index is 12.6. The monoisotopic (exact) mass is 345 g/mol. The number of halogens is 4. The van der Waals surface area contributed by atoms with Crippen LogP contribution in [-0.2, 0) is 20.4 Å². The summed E-state index contributed by atoms with van der Waals surface area (Å²) < 4.78 is 63.8. The number of amides is 1. The first-order valence-electron chi connectivity index (χ1n) is 5.54. The van der Waals surface area contributed by atoms with Gasteiger partial charge in [-0.2, -0.15) is 13.2 Å². The minimum Gasteiger partial charge on any atom is -0.445 e. The number of nitrogens with one attached hydrogen (secondary N) is 1. The van der Waals surface area contributed by atoms with Gasteiger partial charge < -0.3 is 10.1 Å². The van der Waals surface area contributed by atoms with Crippen LogP contribution in [0.1, 0.15) is 5.56 Å². The number of carbonyl (C=O) groups excluding carboxylic acids is 1. The molecular weight excluding hydrogens is 335 g/mol. The molecule has 0 aliphatic rings. The number of alkyl carbamates (subject to hydrolysis) is 1. The highest BCUT2D eigenvalue weighted by Crippen LogP contribution is 2.22. The number of hydrogen-bond acceptors (Lipinski definition) is 4. The summed E-state index contributed by atoms with van der Waals surface area (Å²) in [7, 11) is 0.333. The number of hydrogen-bond donors (Lipinski definition) is 1. The first-order chi connectivity index (χ1) is 9.58. The fraction of sp³-hybridized carbons (Fsp3) is 0.364. The van der Waals surface area contributed by atoms with Gasteiger partial charge in [0, 0.05) is 10.7 Å². The van der Waals surface area contributed by atoms with Crippen molar-refractivity contribution < 1.29 is 31.1 Å². The predicted molar refractivity (Wildman–Crippen MR) is 69.2 cm³/mol. The molecule has 0 aliphatic heterocycles. The van der Waals surface area contributed by atoms with Gasteiger partial charge in [-0.05, 0) is 5.56 Å². The average Bonchev–Trinajstić information content (AvgIpc) is 2.34. The van der Waals surface area contributed by atoms with Crippen LogP contribution < -0.4 is 5.32 Å². The lowest BCUT2D eigenvalue weighted by molar-refractivity contribution is -0.149. The number of ether oxygens (including phenoxy) is 1. The Labute approximate surface area is 123 Å². The molecule has 1 atom stereocenters. The molecule has 0 saturated carbocycles. The SMILES string of the molecule is O=C(NC(CS(=O)(=O)Cl)C(F)(F)F)OCc1ccccc1. The van der Waals surface area contributed by atoms with Crippen LogP contribution in [0, 0.1) is 0 Å². The lowest BCUT2D eigenvalue weighted by Gasteiger charge is -2.19. The molecular formula is C11H11ClF3NO4S. The molecule has 1 aromatic carbocycles. The third-order valence-electron chi connectivity index (χ3n) is 2.27. The summed E-state index contributed by atoms with van der Waals surface area (Å²) in [6, 6.07) is 5.62.